The molecule has 0 heterocycles. The molecule has 8 N–H and O–H groups in total. The van der Waals surface area contributed by atoms with Crippen LogP contribution in [0.3, 0.4) is 0 Å². The van der Waals surface area contributed by atoms with E-state index < -0.39 is 0 Å². The summed E-state index contributed by atoms with van der Waals surface area (Å²) in [4.78, 5) is 0. The lowest BCUT2D eigenvalue weighted by Gasteiger charge is -2.36. The lowest BCUT2D eigenvalue weighted by molar-refractivity contribution is 0.172. The molecule has 0 aliphatic heterocycles. The van der Waals surface area contributed by atoms with Crippen molar-refractivity contribution in [1.82, 2.24) is 0 Å². The van der Waals surface area contributed by atoms with Gasteiger partial charge in [0.05, 0.1) is 0 Å². The van der Waals surface area contributed by atoms with Gasteiger partial charge in [0.2, 0.25) is 0 Å². The predicted molar refractivity (Wildman–Crippen MR) is 68.6 cm³/mol. The Bertz CT molecular complexity index is 150. The Labute approximate surface area is 99.1 Å². The lowest BCUT2D eigenvalue weighted by Crippen LogP contribution is -2.37. The molecule has 1 fully saturated rings. The maximum absolute atomic E-state index is 5.74. The van der Waals surface area contributed by atoms with Crippen molar-refractivity contribution in [2.24, 2.45) is 46.6 Å². The standard InChI is InChI=1S/C12H28N4/c13-5-11(6-14)9-1-2-10(4-3-9)12(7-15)8-16/h9-12H,1-8,13-16H2. The zero-order valence-corrected chi connectivity index (χ0v) is 10.3. The Morgan fingerprint density at radius 2 is 0.875 bits per heavy atom. The molecule has 0 aromatic heterocycles. The molecule has 0 saturated heterocycles. The Morgan fingerprint density at radius 3 is 1.06 bits per heavy atom. The van der Waals surface area contributed by atoms with E-state index in [0.717, 1.165) is 38.0 Å². The molecule has 0 bridgehead atoms. The summed E-state index contributed by atoms with van der Waals surface area (Å²) in [5.41, 5.74) is 23.0. The predicted octanol–water partition coefficient (Wildman–Crippen LogP) is -0.140. The van der Waals surface area contributed by atoms with Crippen molar-refractivity contribution in [3.63, 3.8) is 0 Å². The van der Waals surface area contributed by atoms with Gasteiger partial charge in [0.25, 0.3) is 0 Å². The SMILES string of the molecule is NCC(CN)C1CCC(C(CN)CN)CC1. The highest BCUT2D eigenvalue weighted by atomic mass is 14.7. The summed E-state index contributed by atoms with van der Waals surface area (Å²) >= 11 is 0. The van der Waals surface area contributed by atoms with Gasteiger partial charge in [-0.25, -0.2) is 0 Å². The van der Waals surface area contributed by atoms with E-state index in [2.05, 4.69) is 0 Å². The summed E-state index contributed by atoms with van der Waals surface area (Å²) < 4.78 is 0. The molecule has 0 spiro atoms. The van der Waals surface area contributed by atoms with E-state index in [1.165, 1.54) is 25.7 Å². The van der Waals surface area contributed by atoms with E-state index in [1.807, 2.05) is 0 Å². The molecular weight excluding hydrogens is 200 g/mol. The van der Waals surface area contributed by atoms with E-state index in [0.29, 0.717) is 11.8 Å². The highest BCUT2D eigenvalue weighted by molar-refractivity contribution is 4.82. The van der Waals surface area contributed by atoms with Gasteiger partial charge in [-0.15, -0.1) is 0 Å². The topological polar surface area (TPSA) is 104 Å². The van der Waals surface area contributed by atoms with E-state index in [4.69, 9.17) is 22.9 Å². The van der Waals surface area contributed by atoms with Gasteiger partial charge < -0.3 is 22.9 Å². The minimum absolute atomic E-state index is 0.509. The molecule has 0 radical (unpaired) electrons. The Kier molecular flexibility index (Phi) is 6.28. The van der Waals surface area contributed by atoms with Crippen LogP contribution in [0, 0.1) is 23.7 Å². The number of hydrogen-bond acceptors (Lipinski definition) is 4. The van der Waals surface area contributed by atoms with E-state index >= 15 is 0 Å². The van der Waals surface area contributed by atoms with Gasteiger partial charge in [0.15, 0.2) is 0 Å². The molecule has 1 rings (SSSR count). The Hall–Kier alpha value is -0.160. The second-order valence-electron chi connectivity index (χ2n) is 5.14. The maximum Gasteiger partial charge on any atom is -0.00341 e. The average molecular weight is 228 g/mol. The van der Waals surface area contributed by atoms with E-state index in [1.54, 1.807) is 0 Å². The first-order chi connectivity index (χ1) is 7.76. The summed E-state index contributed by atoms with van der Waals surface area (Å²) in [6, 6.07) is 0. The fourth-order valence-electron chi connectivity index (χ4n) is 3.05. The third-order valence-corrected chi connectivity index (χ3v) is 4.36. The molecule has 1 aliphatic rings. The maximum atomic E-state index is 5.74. The number of nitrogens with two attached hydrogens (primary N) is 4. The zero-order chi connectivity index (χ0) is 12.0. The third kappa shape index (κ3) is 3.42. The van der Waals surface area contributed by atoms with Crippen LogP contribution in [0.4, 0.5) is 0 Å². The van der Waals surface area contributed by atoms with Crippen molar-refractivity contribution in [1.29, 1.82) is 0 Å². The fraction of sp³-hybridized carbons (Fsp3) is 1.00. The molecule has 0 amide bonds. The van der Waals surface area contributed by atoms with Crippen molar-refractivity contribution < 1.29 is 0 Å². The molecule has 96 valence electrons. The minimum Gasteiger partial charge on any atom is -0.330 e. The van der Waals surface area contributed by atoms with Crippen LogP contribution in [0.15, 0.2) is 0 Å². The Balaban J connectivity index is 2.38. The summed E-state index contributed by atoms with van der Waals surface area (Å²) in [7, 11) is 0. The second kappa shape index (κ2) is 7.22. The van der Waals surface area contributed by atoms with Gasteiger partial charge in [-0.3, -0.25) is 0 Å². The summed E-state index contributed by atoms with van der Waals surface area (Å²) in [6.45, 7) is 2.90. The largest absolute Gasteiger partial charge is 0.330 e. The summed E-state index contributed by atoms with van der Waals surface area (Å²) in [5, 5.41) is 0. The van der Waals surface area contributed by atoms with Gasteiger partial charge >= 0.3 is 0 Å². The van der Waals surface area contributed by atoms with Crippen LogP contribution in [0.2, 0.25) is 0 Å². The highest BCUT2D eigenvalue weighted by Gasteiger charge is 2.29. The molecule has 4 heteroatoms. The van der Waals surface area contributed by atoms with E-state index in [9.17, 15) is 0 Å². The second-order valence-corrected chi connectivity index (χ2v) is 5.14. The first-order valence-corrected chi connectivity index (χ1v) is 6.57. The molecule has 0 aromatic carbocycles. The molecule has 1 saturated carbocycles. The van der Waals surface area contributed by atoms with Crippen LogP contribution >= 0.6 is 0 Å². The molecular formula is C12H28N4. The van der Waals surface area contributed by atoms with Crippen LogP contribution in [-0.2, 0) is 0 Å². The van der Waals surface area contributed by atoms with Crippen LogP contribution in [0.25, 0.3) is 0 Å². The quantitative estimate of drug-likeness (QED) is 0.508. The van der Waals surface area contributed by atoms with Crippen LogP contribution in [-0.4, -0.2) is 26.2 Å². The molecule has 16 heavy (non-hydrogen) atoms. The smallest absolute Gasteiger partial charge is 0.00341 e. The average Bonchev–Trinajstić information content (AvgIpc) is 2.34. The molecule has 0 unspecified atom stereocenters. The third-order valence-electron chi connectivity index (χ3n) is 4.36. The van der Waals surface area contributed by atoms with Crippen molar-refractivity contribution in [3.8, 4) is 0 Å². The summed E-state index contributed by atoms with van der Waals surface area (Å²) in [5.74, 6) is 2.47. The van der Waals surface area contributed by atoms with Gasteiger partial charge in [-0.2, -0.15) is 0 Å². The number of hydrogen-bond donors (Lipinski definition) is 4. The van der Waals surface area contributed by atoms with Crippen LogP contribution < -0.4 is 22.9 Å². The molecule has 0 aromatic rings. The summed E-state index contributed by atoms with van der Waals surface area (Å²) in [6.07, 6.45) is 5.00. The highest BCUT2D eigenvalue weighted by Crippen LogP contribution is 2.36. The monoisotopic (exact) mass is 228 g/mol. The van der Waals surface area contributed by atoms with Crippen molar-refractivity contribution in [2.45, 2.75) is 25.7 Å². The van der Waals surface area contributed by atoms with Gasteiger partial charge in [-0.05, 0) is 75.5 Å². The number of rotatable bonds is 6. The van der Waals surface area contributed by atoms with Crippen molar-refractivity contribution in [3.05, 3.63) is 0 Å². The van der Waals surface area contributed by atoms with Gasteiger partial charge in [0.1, 0.15) is 0 Å². The van der Waals surface area contributed by atoms with Crippen LogP contribution in [0.5, 0.6) is 0 Å². The lowest BCUT2D eigenvalue weighted by atomic mass is 9.72. The van der Waals surface area contributed by atoms with Crippen LogP contribution in [0.1, 0.15) is 25.7 Å². The van der Waals surface area contributed by atoms with Crippen molar-refractivity contribution >= 4 is 0 Å². The first kappa shape index (κ1) is 13.9. The van der Waals surface area contributed by atoms with E-state index in [-0.39, 0.29) is 0 Å². The minimum atomic E-state index is 0.509. The van der Waals surface area contributed by atoms with Gasteiger partial charge in [0, 0.05) is 0 Å². The van der Waals surface area contributed by atoms with Crippen molar-refractivity contribution in [2.75, 3.05) is 26.2 Å². The van der Waals surface area contributed by atoms with Gasteiger partial charge in [-0.1, -0.05) is 0 Å². The molecule has 1 aliphatic carbocycles. The first-order valence-electron chi connectivity index (χ1n) is 6.57. The Morgan fingerprint density at radius 1 is 0.625 bits per heavy atom. The normalized spacial score (nSPS) is 26.6. The molecule has 4 nitrogen and oxygen atoms in total. The molecule has 0 atom stereocenters. The zero-order valence-electron chi connectivity index (χ0n) is 10.3. The fourth-order valence-corrected chi connectivity index (χ4v) is 3.05.